The lowest BCUT2D eigenvalue weighted by molar-refractivity contribution is 0.868. The maximum Gasteiger partial charge on any atom is 0.0670 e. The largest absolute Gasteiger partial charge is 0.294 e. The Labute approximate surface area is 51.1 Å². The van der Waals surface area contributed by atoms with Gasteiger partial charge in [-0.3, -0.25) is 4.99 Å². The molecule has 0 aromatic heterocycles. The first-order chi connectivity index (χ1) is 3.72. The third-order valence-electron chi connectivity index (χ3n) is 1.39. The van der Waals surface area contributed by atoms with Crippen molar-refractivity contribution >= 4 is 6.72 Å². The van der Waals surface area contributed by atoms with Gasteiger partial charge in [0.25, 0.3) is 0 Å². The van der Waals surface area contributed by atoms with Gasteiger partial charge in [0.15, 0.2) is 0 Å². The van der Waals surface area contributed by atoms with E-state index in [4.69, 9.17) is 0 Å². The molecule has 0 amide bonds. The van der Waals surface area contributed by atoms with Gasteiger partial charge in [-0.15, -0.1) is 0 Å². The van der Waals surface area contributed by atoms with E-state index in [0.717, 1.165) is 0 Å². The van der Waals surface area contributed by atoms with E-state index in [2.05, 4.69) is 24.7 Å². The molecule has 0 bridgehead atoms. The molecule has 0 spiro atoms. The predicted octanol–water partition coefficient (Wildman–Crippen LogP) is 2.04. The van der Waals surface area contributed by atoms with Crippen LogP contribution in [0.25, 0.3) is 0 Å². The van der Waals surface area contributed by atoms with Crippen LogP contribution in [-0.2, 0) is 0 Å². The number of aliphatic imine (C=N–C) groups is 1. The molecule has 0 aliphatic heterocycles. The van der Waals surface area contributed by atoms with Crippen LogP contribution in [0.3, 0.4) is 0 Å². The van der Waals surface area contributed by atoms with E-state index in [1.807, 2.05) is 13.8 Å². The van der Waals surface area contributed by atoms with Crippen molar-refractivity contribution in [3.8, 4) is 0 Å². The summed E-state index contributed by atoms with van der Waals surface area (Å²) < 4.78 is 0. The maximum atomic E-state index is 3.84. The minimum absolute atomic E-state index is 0.292. The SMILES string of the molecule is C=NC(C)C(C)=CC. The summed E-state index contributed by atoms with van der Waals surface area (Å²) in [5.41, 5.74) is 1.28. The van der Waals surface area contributed by atoms with Gasteiger partial charge >= 0.3 is 0 Å². The summed E-state index contributed by atoms with van der Waals surface area (Å²) in [6.07, 6.45) is 2.05. The molecular weight excluding hydrogens is 98.1 g/mol. The molecule has 0 saturated carbocycles. The van der Waals surface area contributed by atoms with Gasteiger partial charge in [0.2, 0.25) is 0 Å². The molecule has 46 valence electrons. The van der Waals surface area contributed by atoms with Crippen molar-refractivity contribution in [1.29, 1.82) is 0 Å². The first-order valence-corrected chi connectivity index (χ1v) is 2.81. The average Bonchev–Trinajstić information content (AvgIpc) is 1.84. The maximum absolute atomic E-state index is 3.84. The first-order valence-electron chi connectivity index (χ1n) is 2.81. The second-order valence-corrected chi connectivity index (χ2v) is 1.89. The van der Waals surface area contributed by atoms with E-state index in [1.165, 1.54) is 5.57 Å². The third-order valence-corrected chi connectivity index (χ3v) is 1.39. The second-order valence-electron chi connectivity index (χ2n) is 1.89. The highest BCUT2D eigenvalue weighted by Crippen LogP contribution is 2.02. The van der Waals surface area contributed by atoms with Crippen molar-refractivity contribution in [2.45, 2.75) is 26.8 Å². The molecule has 0 fully saturated rings. The highest BCUT2D eigenvalue weighted by atomic mass is 14.7. The number of allylic oxidation sites excluding steroid dienone is 1. The Morgan fingerprint density at radius 3 is 2.38 bits per heavy atom. The number of rotatable bonds is 2. The highest BCUT2D eigenvalue weighted by molar-refractivity contribution is 5.26. The molecular formula is C7H13N. The van der Waals surface area contributed by atoms with E-state index in [9.17, 15) is 0 Å². The number of hydrogen-bond acceptors (Lipinski definition) is 1. The summed E-state index contributed by atoms with van der Waals surface area (Å²) in [6.45, 7) is 9.53. The zero-order valence-electron chi connectivity index (χ0n) is 5.81. The Bertz CT molecular complexity index is 103. The molecule has 0 aromatic carbocycles. The fourth-order valence-corrected chi connectivity index (χ4v) is 0.385. The summed E-state index contributed by atoms with van der Waals surface area (Å²) in [6, 6.07) is 0.292. The Hall–Kier alpha value is -0.590. The van der Waals surface area contributed by atoms with E-state index < -0.39 is 0 Å². The van der Waals surface area contributed by atoms with Gasteiger partial charge in [0.05, 0.1) is 6.04 Å². The standard InChI is InChI=1S/C7H13N/c1-5-6(2)7(3)8-4/h5,7H,4H2,1-3H3. The van der Waals surface area contributed by atoms with Crippen molar-refractivity contribution in [3.05, 3.63) is 11.6 Å². The van der Waals surface area contributed by atoms with Crippen LogP contribution in [-0.4, -0.2) is 12.8 Å². The van der Waals surface area contributed by atoms with Crippen LogP contribution in [0, 0.1) is 0 Å². The molecule has 0 aromatic rings. The van der Waals surface area contributed by atoms with Crippen LogP contribution in [0.4, 0.5) is 0 Å². The van der Waals surface area contributed by atoms with Crippen molar-refractivity contribution in [3.63, 3.8) is 0 Å². The Morgan fingerprint density at radius 2 is 2.25 bits per heavy atom. The molecule has 0 radical (unpaired) electrons. The van der Waals surface area contributed by atoms with Gasteiger partial charge in [0.1, 0.15) is 0 Å². The number of nitrogens with zero attached hydrogens (tertiary/aromatic N) is 1. The van der Waals surface area contributed by atoms with Gasteiger partial charge in [-0.2, -0.15) is 0 Å². The third kappa shape index (κ3) is 1.92. The molecule has 1 atom stereocenters. The Morgan fingerprint density at radius 1 is 1.75 bits per heavy atom. The minimum atomic E-state index is 0.292. The predicted molar refractivity (Wildman–Crippen MR) is 38.4 cm³/mol. The zero-order valence-corrected chi connectivity index (χ0v) is 5.81. The van der Waals surface area contributed by atoms with Gasteiger partial charge in [-0.25, -0.2) is 0 Å². The van der Waals surface area contributed by atoms with Gasteiger partial charge in [-0.1, -0.05) is 11.6 Å². The smallest absolute Gasteiger partial charge is 0.0670 e. The van der Waals surface area contributed by atoms with E-state index in [0.29, 0.717) is 6.04 Å². The fourth-order valence-electron chi connectivity index (χ4n) is 0.385. The van der Waals surface area contributed by atoms with Crippen molar-refractivity contribution < 1.29 is 0 Å². The van der Waals surface area contributed by atoms with Crippen LogP contribution < -0.4 is 0 Å². The second kappa shape index (κ2) is 3.42. The average molecular weight is 111 g/mol. The normalized spacial score (nSPS) is 15.6. The summed E-state index contributed by atoms with van der Waals surface area (Å²) >= 11 is 0. The summed E-state index contributed by atoms with van der Waals surface area (Å²) in [5, 5.41) is 0. The lowest BCUT2D eigenvalue weighted by Crippen LogP contribution is -1.96. The van der Waals surface area contributed by atoms with Gasteiger partial charge in [0, 0.05) is 0 Å². The Balaban J connectivity index is 3.81. The summed E-state index contributed by atoms with van der Waals surface area (Å²) in [7, 11) is 0. The molecule has 0 saturated heterocycles. The number of hydrogen-bond donors (Lipinski definition) is 0. The summed E-state index contributed by atoms with van der Waals surface area (Å²) in [4.78, 5) is 3.84. The van der Waals surface area contributed by atoms with Crippen LogP contribution in [0.2, 0.25) is 0 Å². The van der Waals surface area contributed by atoms with Gasteiger partial charge in [-0.05, 0) is 27.5 Å². The van der Waals surface area contributed by atoms with Crippen LogP contribution >= 0.6 is 0 Å². The summed E-state index contributed by atoms with van der Waals surface area (Å²) in [5.74, 6) is 0. The molecule has 0 N–H and O–H groups in total. The molecule has 0 aliphatic rings. The van der Waals surface area contributed by atoms with Crippen molar-refractivity contribution in [1.82, 2.24) is 0 Å². The van der Waals surface area contributed by atoms with E-state index >= 15 is 0 Å². The quantitative estimate of drug-likeness (QED) is 0.382. The lowest BCUT2D eigenvalue weighted by Gasteiger charge is -2.02. The molecule has 8 heavy (non-hydrogen) atoms. The van der Waals surface area contributed by atoms with E-state index in [1.54, 1.807) is 0 Å². The molecule has 1 unspecified atom stereocenters. The molecule has 1 nitrogen and oxygen atoms in total. The van der Waals surface area contributed by atoms with Crippen molar-refractivity contribution in [2.75, 3.05) is 0 Å². The monoisotopic (exact) mass is 111 g/mol. The minimum Gasteiger partial charge on any atom is -0.294 e. The molecule has 1 heteroatoms. The highest BCUT2D eigenvalue weighted by Gasteiger charge is 1.94. The van der Waals surface area contributed by atoms with Crippen molar-refractivity contribution in [2.24, 2.45) is 4.99 Å². The first kappa shape index (κ1) is 7.41. The molecule has 0 heterocycles. The van der Waals surface area contributed by atoms with Crippen LogP contribution in [0.15, 0.2) is 16.6 Å². The van der Waals surface area contributed by atoms with Crippen LogP contribution in [0.1, 0.15) is 20.8 Å². The fraction of sp³-hybridized carbons (Fsp3) is 0.571. The Kier molecular flexibility index (Phi) is 3.16. The molecule has 0 aliphatic carbocycles. The topological polar surface area (TPSA) is 12.4 Å². The lowest BCUT2D eigenvalue weighted by atomic mass is 10.1. The zero-order chi connectivity index (χ0) is 6.57. The molecule has 0 rings (SSSR count). The van der Waals surface area contributed by atoms with Crippen LogP contribution in [0.5, 0.6) is 0 Å². The van der Waals surface area contributed by atoms with E-state index in [-0.39, 0.29) is 0 Å². The van der Waals surface area contributed by atoms with Gasteiger partial charge < -0.3 is 0 Å².